The fourth-order valence-corrected chi connectivity index (χ4v) is 21.1. The zero-order valence-corrected chi connectivity index (χ0v) is 26.9. The molecule has 208 valence electrons. The number of unbranched alkanes of at least 4 members (excludes halogenated alkanes) is 3. The first-order chi connectivity index (χ1) is 18.1. The third-order valence-electron chi connectivity index (χ3n) is 6.91. The minimum absolute atomic E-state index is 0.0143. The van der Waals surface area contributed by atoms with Gasteiger partial charge in [0, 0.05) is 0 Å². The molecule has 2 aromatic heterocycles. The number of nitrogens with two attached hydrogens (primary N) is 1. The van der Waals surface area contributed by atoms with Crippen molar-refractivity contribution in [2.24, 2.45) is 0 Å². The normalized spacial score (nSPS) is 12.2. The zero-order chi connectivity index (χ0) is 27.8. The van der Waals surface area contributed by atoms with Crippen molar-refractivity contribution in [1.82, 2.24) is 19.5 Å². The van der Waals surface area contributed by atoms with Crippen molar-refractivity contribution in [1.29, 1.82) is 0 Å². The number of ether oxygens (including phenoxy) is 2. The van der Waals surface area contributed by atoms with Crippen molar-refractivity contribution in [2.75, 3.05) is 5.73 Å². The second kappa shape index (κ2) is 13.6. The number of carbonyl (C=O) groups is 1. The molecular formula is C29H45N5O3Sn. The number of benzene rings is 1. The Labute approximate surface area is 231 Å². The van der Waals surface area contributed by atoms with E-state index in [0.717, 1.165) is 5.56 Å². The van der Waals surface area contributed by atoms with E-state index >= 15 is 0 Å². The summed E-state index contributed by atoms with van der Waals surface area (Å²) in [7, 11) is 0. The average Bonchev–Trinajstić information content (AvgIpc) is 3.30. The third kappa shape index (κ3) is 7.83. The number of carbonyl (C=O) groups excluding carboxylic acids is 1. The predicted octanol–water partition coefficient (Wildman–Crippen LogP) is 6.83. The van der Waals surface area contributed by atoms with Crippen molar-refractivity contribution < 1.29 is 14.3 Å². The first kappa shape index (κ1) is 30.2. The minimum atomic E-state index is -2.55. The molecule has 0 saturated carbocycles. The number of nitrogen functional groups attached to an aromatic ring is 1. The van der Waals surface area contributed by atoms with Gasteiger partial charge in [0.2, 0.25) is 0 Å². The number of fused-ring (bicyclic) bond motifs is 1. The van der Waals surface area contributed by atoms with E-state index in [1.807, 2.05) is 20.8 Å². The molecule has 0 radical (unpaired) electrons. The summed E-state index contributed by atoms with van der Waals surface area (Å²) in [6, 6.07) is 9.06. The van der Waals surface area contributed by atoms with E-state index in [4.69, 9.17) is 15.2 Å². The number of rotatable bonds is 13. The van der Waals surface area contributed by atoms with Gasteiger partial charge in [-0.2, -0.15) is 0 Å². The summed E-state index contributed by atoms with van der Waals surface area (Å²) in [6.45, 7) is 12.7. The second-order valence-corrected chi connectivity index (χ2v) is 24.5. The quantitative estimate of drug-likeness (QED) is 0.207. The topological polar surface area (TPSA) is 105 Å². The molecule has 0 aliphatic heterocycles. The molecule has 2 N–H and O–H groups in total. The summed E-state index contributed by atoms with van der Waals surface area (Å²) in [5.41, 5.74) is 7.09. The van der Waals surface area contributed by atoms with Crippen LogP contribution in [-0.4, -0.2) is 49.6 Å². The first-order valence-corrected chi connectivity index (χ1v) is 21.6. The molecule has 0 unspecified atom stereocenters. The molecule has 8 nitrogen and oxygen atoms in total. The van der Waals surface area contributed by atoms with Gasteiger partial charge >= 0.3 is 212 Å². The van der Waals surface area contributed by atoms with Crippen LogP contribution in [0.4, 0.5) is 10.7 Å². The number of hydrogen-bond acceptors (Lipinski definition) is 7. The number of nitrogens with zero attached hydrogens (tertiary/aromatic N) is 4. The number of hydrogen-bond donors (Lipinski definition) is 1. The molecule has 38 heavy (non-hydrogen) atoms. The van der Waals surface area contributed by atoms with Crippen LogP contribution in [0.5, 0.6) is 5.88 Å². The molecular weight excluding hydrogens is 585 g/mol. The van der Waals surface area contributed by atoms with Gasteiger partial charge in [0.05, 0.1) is 0 Å². The Kier molecular flexibility index (Phi) is 10.8. The number of aromatic nitrogens is 4. The van der Waals surface area contributed by atoms with E-state index in [9.17, 15) is 4.79 Å². The second-order valence-electron chi connectivity index (χ2n) is 11.2. The molecule has 3 rings (SSSR count). The van der Waals surface area contributed by atoms with Crippen LogP contribution in [-0.2, 0) is 11.3 Å². The Morgan fingerprint density at radius 3 is 2.21 bits per heavy atom. The molecule has 1 aromatic carbocycles. The van der Waals surface area contributed by atoms with Gasteiger partial charge in [-0.15, -0.1) is 0 Å². The van der Waals surface area contributed by atoms with Crippen LogP contribution in [0.25, 0.3) is 11.2 Å². The van der Waals surface area contributed by atoms with Gasteiger partial charge in [0.25, 0.3) is 0 Å². The molecule has 0 aliphatic carbocycles. The molecule has 3 aromatic rings. The van der Waals surface area contributed by atoms with Gasteiger partial charge in [-0.05, 0) is 20.8 Å². The molecule has 0 saturated heterocycles. The molecule has 0 bridgehead atoms. The fraction of sp³-hybridized carbons (Fsp3) is 0.586. The zero-order valence-electron chi connectivity index (χ0n) is 24.0. The summed E-state index contributed by atoms with van der Waals surface area (Å²) >= 11 is -2.55. The van der Waals surface area contributed by atoms with E-state index in [-0.39, 0.29) is 17.5 Å². The summed E-state index contributed by atoms with van der Waals surface area (Å²) in [4.78, 5) is 25.5. The fourth-order valence-electron chi connectivity index (χ4n) is 4.93. The van der Waals surface area contributed by atoms with Crippen molar-refractivity contribution in [3.63, 3.8) is 0 Å². The van der Waals surface area contributed by atoms with Crippen LogP contribution in [0.15, 0.2) is 30.6 Å². The summed E-state index contributed by atoms with van der Waals surface area (Å²) in [6.07, 6.45) is 8.52. The van der Waals surface area contributed by atoms with Crippen LogP contribution in [0.1, 0.15) is 85.6 Å². The molecule has 9 heteroatoms. The summed E-state index contributed by atoms with van der Waals surface area (Å²) < 4.78 is 18.7. The SMILES string of the molecule is CCC[CH2][Sn]([CH2]CCC)([CH2]CCC)[c]1cccc(COc2nc(N)nc3c2ncn3C(=O)OC(C)(C)C)c1. The monoisotopic (exact) mass is 631 g/mol. The van der Waals surface area contributed by atoms with Crippen molar-refractivity contribution in [3.8, 4) is 5.88 Å². The number of imidazole rings is 1. The van der Waals surface area contributed by atoms with Gasteiger partial charge < -0.3 is 0 Å². The Morgan fingerprint density at radius 1 is 1.00 bits per heavy atom. The van der Waals surface area contributed by atoms with E-state index in [1.54, 1.807) is 3.58 Å². The molecule has 2 heterocycles. The predicted molar refractivity (Wildman–Crippen MR) is 157 cm³/mol. The molecule has 0 atom stereocenters. The van der Waals surface area contributed by atoms with Crippen LogP contribution in [0, 0.1) is 0 Å². The van der Waals surface area contributed by atoms with Gasteiger partial charge in [-0.1, -0.05) is 0 Å². The van der Waals surface area contributed by atoms with Crippen molar-refractivity contribution in [2.45, 2.75) is 106 Å². The van der Waals surface area contributed by atoms with Gasteiger partial charge in [0.15, 0.2) is 0 Å². The summed E-state index contributed by atoms with van der Waals surface area (Å²) in [5, 5.41) is 0. The Hall–Kier alpha value is -2.36. The van der Waals surface area contributed by atoms with Gasteiger partial charge in [-0.3, -0.25) is 0 Å². The number of anilines is 1. The van der Waals surface area contributed by atoms with E-state index in [1.165, 1.54) is 62.7 Å². The van der Waals surface area contributed by atoms with Crippen LogP contribution < -0.4 is 14.0 Å². The van der Waals surface area contributed by atoms with Crippen LogP contribution >= 0.6 is 0 Å². The van der Waals surface area contributed by atoms with E-state index in [2.05, 4.69) is 60.0 Å². The molecule has 0 aliphatic rings. The Morgan fingerprint density at radius 2 is 1.63 bits per heavy atom. The Balaban J connectivity index is 1.88. The molecule has 0 spiro atoms. The maximum absolute atomic E-state index is 12.7. The standard InChI is InChI=1S/C17H18N5O3.3C4H9.Sn/c1-17(2,3)25-16(23)22-10-19-12-13(22)20-15(18)21-14(12)24-9-11-7-5-4-6-8-11;3*1-3-4-2;/h4-5,7-8,10H,9H2,1-3H3,(H2,18,20,21);3*1,3-4H2,2H3;. The summed E-state index contributed by atoms with van der Waals surface area (Å²) in [5.74, 6) is 0.276. The third-order valence-corrected chi connectivity index (χ3v) is 22.5. The maximum atomic E-state index is 12.7. The van der Waals surface area contributed by atoms with Crippen molar-refractivity contribution in [3.05, 3.63) is 36.2 Å². The van der Waals surface area contributed by atoms with Gasteiger partial charge in [0.1, 0.15) is 0 Å². The Bertz CT molecular complexity index is 1180. The van der Waals surface area contributed by atoms with E-state index < -0.39 is 30.1 Å². The average molecular weight is 630 g/mol. The van der Waals surface area contributed by atoms with E-state index in [0.29, 0.717) is 12.1 Å². The van der Waals surface area contributed by atoms with Gasteiger partial charge in [-0.25, -0.2) is 0 Å². The first-order valence-electron chi connectivity index (χ1n) is 14.1. The van der Waals surface area contributed by atoms with Crippen LogP contribution in [0.2, 0.25) is 13.3 Å². The van der Waals surface area contributed by atoms with Crippen molar-refractivity contribution >= 4 is 45.2 Å². The van der Waals surface area contributed by atoms with Crippen LogP contribution in [0.3, 0.4) is 0 Å². The molecule has 0 amide bonds. The molecule has 0 fully saturated rings.